The normalized spacial score (nSPS) is 13.2. The number of carbonyl (C=O) groups excluding carboxylic acids is 1. The van der Waals surface area contributed by atoms with Crippen molar-refractivity contribution in [2.45, 2.75) is 38.6 Å². The molecule has 0 spiro atoms. The molecule has 29 heavy (non-hydrogen) atoms. The van der Waals surface area contributed by atoms with Gasteiger partial charge in [0.25, 0.3) is 5.56 Å². The molecule has 0 bridgehead atoms. The molecule has 8 nitrogen and oxygen atoms in total. The van der Waals surface area contributed by atoms with Crippen LogP contribution >= 0.6 is 0 Å². The number of carbonyl (C=O) groups is 1. The number of hydrogen-bond donors (Lipinski definition) is 1. The summed E-state index contributed by atoms with van der Waals surface area (Å²) in [5.41, 5.74) is 3.15. The molecule has 1 amide bonds. The average molecular weight is 396 g/mol. The van der Waals surface area contributed by atoms with Crippen LogP contribution in [-0.4, -0.2) is 34.3 Å². The summed E-state index contributed by atoms with van der Waals surface area (Å²) in [6.07, 6.45) is 7.62. The van der Waals surface area contributed by atoms with Crippen LogP contribution in [0.1, 0.15) is 30.5 Å². The Hall–Kier alpha value is -3.29. The largest absolute Gasteiger partial charge is 0.497 e. The van der Waals surface area contributed by atoms with Gasteiger partial charge in [-0.15, -0.1) is 0 Å². The van der Waals surface area contributed by atoms with E-state index in [2.05, 4.69) is 10.4 Å². The summed E-state index contributed by atoms with van der Waals surface area (Å²) in [4.78, 5) is 25.4. The lowest BCUT2D eigenvalue weighted by Gasteiger charge is -2.12. The first kappa shape index (κ1) is 19.0. The minimum Gasteiger partial charge on any atom is -0.497 e. The Labute approximate surface area is 168 Å². The van der Waals surface area contributed by atoms with Gasteiger partial charge in [-0.1, -0.05) is 0 Å². The van der Waals surface area contributed by atoms with Gasteiger partial charge in [-0.25, -0.2) is 4.52 Å². The molecule has 0 saturated carbocycles. The van der Waals surface area contributed by atoms with E-state index in [0.29, 0.717) is 22.7 Å². The van der Waals surface area contributed by atoms with Crippen molar-refractivity contribution in [1.82, 2.24) is 14.2 Å². The Balaban J connectivity index is 1.51. The van der Waals surface area contributed by atoms with Gasteiger partial charge in [-0.05, 0) is 37.8 Å². The summed E-state index contributed by atoms with van der Waals surface area (Å²) in [5, 5.41) is 7.37. The highest BCUT2D eigenvalue weighted by molar-refractivity contribution is 5.92. The molecule has 0 unspecified atom stereocenters. The molecule has 2 heterocycles. The molecule has 8 heteroatoms. The maximum Gasteiger partial charge on any atom is 0.276 e. The molecule has 0 atom stereocenters. The maximum absolute atomic E-state index is 13.0. The minimum atomic E-state index is -0.209. The molecule has 0 fully saturated rings. The fourth-order valence-corrected chi connectivity index (χ4v) is 3.78. The average Bonchev–Trinajstić information content (AvgIpc) is 3.12. The molecule has 1 N–H and O–H groups in total. The van der Waals surface area contributed by atoms with Crippen molar-refractivity contribution in [2.24, 2.45) is 0 Å². The number of ether oxygens (including phenoxy) is 2. The number of benzene rings is 1. The summed E-state index contributed by atoms with van der Waals surface area (Å²) in [5.74, 6) is 0.954. The van der Waals surface area contributed by atoms with E-state index in [4.69, 9.17) is 9.47 Å². The van der Waals surface area contributed by atoms with Crippen LogP contribution in [0.3, 0.4) is 0 Å². The van der Waals surface area contributed by atoms with Gasteiger partial charge in [0.2, 0.25) is 5.91 Å². The third-order valence-corrected chi connectivity index (χ3v) is 5.29. The van der Waals surface area contributed by atoms with Gasteiger partial charge in [0.1, 0.15) is 17.0 Å². The van der Waals surface area contributed by atoms with Crippen molar-refractivity contribution < 1.29 is 14.3 Å². The maximum atomic E-state index is 13.0. The van der Waals surface area contributed by atoms with E-state index in [0.717, 1.165) is 36.9 Å². The topological polar surface area (TPSA) is 86.9 Å². The number of aromatic nitrogens is 3. The van der Waals surface area contributed by atoms with Crippen molar-refractivity contribution in [2.75, 3.05) is 19.5 Å². The van der Waals surface area contributed by atoms with Crippen LogP contribution in [0.2, 0.25) is 0 Å². The molecule has 0 aliphatic heterocycles. The number of nitrogens with one attached hydrogen (secondary N) is 1. The van der Waals surface area contributed by atoms with Crippen LogP contribution in [0.25, 0.3) is 5.52 Å². The first-order valence-corrected chi connectivity index (χ1v) is 9.72. The number of methoxy groups -OCH3 is 2. The van der Waals surface area contributed by atoms with Crippen LogP contribution in [0.4, 0.5) is 5.69 Å². The number of hydrogen-bond acceptors (Lipinski definition) is 5. The smallest absolute Gasteiger partial charge is 0.276 e. The van der Waals surface area contributed by atoms with E-state index in [-0.39, 0.29) is 24.4 Å². The fourth-order valence-electron chi connectivity index (χ4n) is 3.78. The summed E-state index contributed by atoms with van der Waals surface area (Å²) in [7, 11) is 3.10. The number of aryl methyl sites for hydroxylation is 3. The summed E-state index contributed by atoms with van der Waals surface area (Å²) in [6.45, 7) is 0.285. The second-order valence-corrected chi connectivity index (χ2v) is 7.09. The Morgan fingerprint density at radius 2 is 2.00 bits per heavy atom. The molecule has 1 aliphatic rings. The van der Waals surface area contributed by atoms with E-state index >= 15 is 0 Å². The first-order chi connectivity index (χ1) is 14.1. The third kappa shape index (κ3) is 3.70. The Bertz CT molecular complexity index is 1120. The van der Waals surface area contributed by atoms with E-state index in [1.807, 2.05) is 0 Å². The van der Waals surface area contributed by atoms with Crippen LogP contribution in [0.15, 0.2) is 35.4 Å². The van der Waals surface area contributed by atoms with Crippen molar-refractivity contribution in [3.8, 4) is 11.5 Å². The number of amides is 1. The lowest BCUT2D eigenvalue weighted by molar-refractivity contribution is -0.116. The van der Waals surface area contributed by atoms with Crippen molar-refractivity contribution in [1.29, 1.82) is 0 Å². The Kier molecular flexibility index (Phi) is 5.24. The molecule has 2 aromatic heterocycles. The number of fused-ring (bicyclic) bond motifs is 3. The van der Waals surface area contributed by atoms with Crippen LogP contribution in [0.5, 0.6) is 11.5 Å². The molecule has 0 radical (unpaired) electrons. The number of nitrogens with zero attached hydrogens (tertiary/aromatic N) is 3. The highest BCUT2D eigenvalue weighted by Gasteiger charge is 2.19. The lowest BCUT2D eigenvalue weighted by atomic mass is 9.97. The van der Waals surface area contributed by atoms with Crippen LogP contribution < -0.4 is 20.3 Å². The molecule has 3 aromatic rings. The minimum absolute atomic E-state index is 0.102. The fraction of sp³-hybridized carbons (Fsp3) is 0.381. The molecule has 1 aliphatic carbocycles. The molecular formula is C21H24N4O4. The van der Waals surface area contributed by atoms with Crippen molar-refractivity contribution >= 4 is 17.1 Å². The number of anilines is 1. The monoisotopic (exact) mass is 396 g/mol. The van der Waals surface area contributed by atoms with Gasteiger partial charge in [0.15, 0.2) is 0 Å². The SMILES string of the molecule is COc1ccc(OC)c(NC(=O)CCn2ccn3nc4c(c3c2=O)CCCC4)c1. The van der Waals surface area contributed by atoms with Gasteiger partial charge in [0, 0.05) is 37.0 Å². The zero-order valence-corrected chi connectivity index (χ0v) is 16.6. The van der Waals surface area contributed by atoms with Gasteiger partial charge in [-0.2, -0.15) is 5.10 Å². The van der Waals surface area contributed by atoms with E-state index in [9.17, 15) is 9.59 Å². The Morgan fingerprint density at radius 1 is 1.17 bits per heavy atom. The first-order valence-electron chi connectivity index (χ1n) is 9.72. The van der Waals surface area contributed by atoms with Gasteiger partial charge in [-0.3, -0.25) is 9.59 Å². The second-order valence-electron chi connectivity index (χ2n) is 7.09. The number of rotatable bonds is 6. The highest BCUT2D eigenvalue weighted by atomic mass is 16.5. The van der Waals surface area contributed by atoms with Crippen molar-refractivity contribution in [3.63, 3.8) is 0 Å². The lowest BCUT2D eigenvalue weighted by Crippen LogP contribution is -2.25. The van der Waals surface area contributed by atoms with E-state index in [1.54, 1.807) is 53.9 Å². The van der Waals surface area contributed by atoms with Gasteiger partial charge >= 0.3 is 0 Å². The van der Waals surface area contributed by atoms with Crippen molar-refractivity contribution in [3.05, 3.63) is 52.2 Å². The summed E-state index contributed by atoms with van der Waals surface area (Å²) in [6, 6.07) is 5.19. The van der Waals surface area contributed by atoms with E-state index in [1.165, 1.54) is 0 Å². The standard InChI is InChI=1S/C21H24N4O4/c1-28-14-7-8-18(29-2)17(13-14)22-19(26)9-10-24-11-12-25-20(21(24)27)15-5-3-4-6-16(15)23-25/h7-8,11-13H,3-6,9-10H2,1-2H3,(H,22,26). The summed E-state index contributed by atoms with van der Waals surface area (Å²) >= 11 is 0. The third-order valence-electron chi connectivity index (χ3n) is 5.29. The molecule has 1 aromatic carbocycles. The van der Waals surface area contributed by atoms with Gasteiger partial charge in [0.05, 0.1) is 25.6 Å². The summed E-state index contributed by atoms with van der Waals surface area (Å²) < 4.78 is 13.7. The Morgan fingerprint density at radius 3 is 2.79 bits per heavy atom. The molecule has 4 rings (SSSR count). The predicted molar refractivity (Wildman–Crippen MR) is 109 cm³/mol. The van der Waals surface area contributed by atoms with Gasteiger partial charge < -0.3 is 19.4 Å². The zero-order chi connectivity index (χ0) is 20.4. The van der Waals surface area contributed by atoms with Crippen LogP contribution in [0, 0.1) is 0 Å². The van der Waals surface area contributed by atoms with E-state index < -0.39 is 0 Å². The molecule has 152 valence electrons. The second kappa shape index (κ2) is 7.98. The van der Waals surface area contributed by atoms with Crippen LogP contribution in [-0.2, 0) is 24.2 Å². The quantitative estimate of drug-likeness (QED) is 0.692. The highest BCUT2D eigenvalue weighted by Crippen LogP contribution is 2.29. The predicted octanol–water partition coefficient (Wildman–Crippen LogP) is 2.42. The molecular weight excluding hydrogens is 372 g/mol. The zero-order valence-electron chi connectivity index (χ0n) is 16.6. The molecule has 0 saturated heterocycles.